The lowest BCUT2D eigenvalue weighted by Crippen LogP contribution is -2.20. The minimum absolute atomic E-state index is 0.242. The van der Waals surface area contributed by atoms with Gasteiger partial charge in [0.05, 0.1) is 0 Å². The summed E-state index contributed by atoms with van der Waals surface area (Å²) in [4.78, 5) is 6.27. The SMILES string of the molecule is CCCNC(C)c1ccnc(N(C)c2cccc(F)c2)c1. The summed E-state index contributed by atoms with van der Waals surface area (Å²) in [6.07, 6.45) is 2.90. The van der Waals surface area contributed by atoms with Crippen LogP contribution in [-0.2, 0) is 0 Å². The molecular weight excluding hydrogens is 265 g/mol. The van der Waals surface area contributed by atoms with Crippen molar-refractivity contribution in [2.24, 2.45) is 0 Å². The molecule has 0 bridgehead atoms. The molecule has 0 aliphatic carbocycles. The number of nitrogens with zero attached hydrogens (tertiary/aromatic N) is 2. The minimum atomic E-state index is -0.242. The van der Waals surface area contributed by atoms with Crippen LogP contribution in [0.4, 0.5) is 15.9 Å². The lowest BCUT2D eigenvalue weighted by Gasteiger charge is -2.20. The zero-order chi connectivity index (χ0) is 15.2. The number of rotatable bonds is 6. The van der Waals surface area contributed by atoms with E-state index in [1.807, 2.05) is 30.1 Å². The summed E-state index contributed by atoms with van der Waals surface area (Å²) in [7, 11) is 1.89. The summed E-state index contributed by atoms with van der Waals surface area (Å²) in [6.45, 7) is 5.27. The Morgan fingerprint density at radius 2 is 2.10 bits per heavy atom. The Hall–Kier alpha value is -1.94. The first kappa shape index (κ1) is 15.4. The van der Waals surface area contributed by atoms with E-state index in [0.29, 0.717) is 0 Å². The van der Waals surface area contributed by atoms with Crippen LogP contribution in [0.2, 0.25) is 0 Å². The molecule has 1 unspecified atom stereocenters. The number of anilines is 2. The van der Waals surface area contributed by atoms with Crippen molar-refractivity contribution >= 4 is 11.5 Å². The van der Waals surface area contributed by atoms with E-state index in [-0.39, 0.29) is 11.9 Å². The number of hydrogen-bond acceptors (Lipinski definition) is 3. The third-order valence-electron chi connectivity index (χ3n) is 3.51. The summed E-state index contributed by atoms with van der Waals surface area (Å²) in [6, 6.07) is 10.8. The number of hydrogen-bond donors (Lipinski definition) is 1. The van der Waals surface area contributed by atoms with Crippen LogP contribution in [-0.4, -0.2) is 18.6 Å². The van der Waals surface area contributed by atoms with E-state index in [1.165, 1.54) is 17.7 Å². The maximum Gasteiger partial charge on any atom is 0.132 e. The Balaban J connectivity index is 2.20. The Morgan fingerprint density at radius 1 is 1.29 bits per heavy atom. The van der Waals surface area contributed by atoms with E-state index in [2.05, 4.69) is 24.1 Å². The number of aromatic nitrogens is 1. The van der Waals surface area contributed by atoms with Crippen LogP contribution in [0, 0.1) is 5.82 Å². The highest BCUT2D eigenvalue weighted by Crippen LogP contribution is 2.24. The molecule has 0 saturated heterocycles. The lowest BCUT2D eigenvalue weighted by molar-refractivity contribution is 0.570. The molecule has 0 aliphatic rings. The molecule has 0 aliphatic heterocycles. The highest BCUT2D eigenvalue weighted by atomic mass is 19.1. The van der Waals surface area contributed by atoms with Crippen molar-refractivity contribution in [2.75, 3.05) is 18.5 Å². The first-order valence-corrected chi connectivity index (χ1v) is 7.30. The van der Waals surface area contributed by atoms with Crippen LogP contribution < -0.4 is 10.2 Å². The topological polar surface area (TPSA) is 28.2 Å². The van der Waals surface area contributed by atoms with Crippen LogP contribution in [0.3, 0.4) is 0 Å². The van der Waals surface area contributed by atoms with E-state index in [1.54, 1.807) is 12.3 Å². The molecule has 1 aromatic heterocycles. The molecule has 1 aromatic carbocycles. The van der Waals surface area contributed by atoms with Gasteiger partial charge in [-0.3, -0.25) is 0 Å². The molecule has 0 saturated carbocycles. The smallest absolute Gasteiger partial charge is 0.132 e. The van der Waals surface area contributed by atoms with Gasteiger partial charge in [-0.2, -0.15) is 0 Å². The fourth-order valence-corrected chi connectivity index (χ4v) is 2.18. The molecule has 0 fully saturated rings. The van der Waals surface area contributed by atoms with E-state index >= 15 is 0 Å². The third-order valence-corrected chi connectivity index (χ3v) is 3.51. The largest absolute Gasteiger partial charge is 0.329 e. The van der Waals surface area contributed by atoms with Crippen LogP contribution in [0.5, 0.6) is 0 Å². The third kappa shape index (κ3) is 4.02. The second-order valence-corrected chi connectivity index (χ2v) is 5.16. The van der Waals surface area contributed by atoms with Crippen molar-refractivity contribution in [3.63, 3.8) is 0 Å². The van der Waals surface area contributed by atoms with Gasteiger partial charge in [0.2, 0.25) is 0 Å². The number of nitrogens with one attached hydrogen (secondary N) is 1. The minimum Gasteiger partial charge on any atom is -0.329 e. The molecule has 2 rings (SSSR count). The first-order valence-electron chi connectivity index (χ1n) is 7.30. The molecule has 0 radical (unpaired) electrons. The zero-order valence-corrected chi connectivity index (χ0v) is 12.8. The summed E-state index contributed by atoms with van der Waals surface area (Å²) in [5.74, 6) is 0.566. The predicted molar refractivity (Wildman–Crippen MR) is 85.4 cm³/mol. The summed E-state index contributed by atoms with van der Waals surface area (Å²) in [5, 5.41) is 3.46. The van der Waals surface area contributed by atoms with Gasteiger partial charge in [0.25, 0.3) is 0 Å². The van der Waals surface area contributed by atoms with Crippen molar-refractivity contribution in [3.8, 4) is 0 Å². The molecule has 0 amide bonds. The number of halogens is 1. The summed E-state index contributed by atoms with van der Waals surface area (Å²) >= 11 is 0. The van der Waals surface area contributed by atoms with Gasteiger partial charge in [-0.15, -0.1) is 0 Å². The fourth-order valence-electron chi connectivity index (χ4n) is 2.18. The fraction of sp³-hybridized carbons (Fsp3) is 0.353. The Morgan fingerprint density at radius 3 is 2.81 bits per heavy atom. The van der Waals surface area contributed by atoms with Gasteiger partial charge in [0.15, 0.2) is 0 Å². The Labute approximate surface area is 125 Å². The van der Waals surface area contributed by atoms with E-state index < -0.39 is 0 Å². The quantitative estimate of drug-likeness (QED) is 0.868. The average molecular weight is 287 g/mol. The van der Waals surface area contributed by atoms with Gasteiger partial charge in [-0.25, -0.2) is 9.37 Å². The first-order chi connectivity index (χ1) is 10.1. The van der Waals surface area contributed by atoms with Crippen LogP contribution >= 0.6 is 0 Å². The standard InChI is InChI=1S/C17H22FN3/c1-4-9-19-13(2)14-8-10-20-17(11-14)21(3)16-7-5-6-15(18)12-16/h5-8,10-13,19H,4,9H2,1-3H3. The van der Waals surface area contributed by atoms with E-state index in [4.69, 9.17) is 0 Å². The van der Waals surface area contributed by atoms with Crippen molar-refractivity contribution in [3.05, 3.63) is 54.0 Å². The van der Waals surface area contributed by atoms with Gasteiger partial charge in [0.1, 0.15) is 11.6 Å². The second-order valence-electron chi connectivity index (χ2n) is 5.16. The van der Waals surface area contributed by atoms with Crippen LogP contribution in [0.15, 0.2) is 42.6 Å². The highest BCUT2D eigenvalue weighted by molar-refractivity contribution is 5.59. The van der Waals surface area contributed by atoms with Gasteiger partial charge in [-0.05, 0) is 55.8 Å². The van der Waals surface area contributed by atoms with Crippen molar-refractivity contribution in [2.45, 2.75) is 26.3 Å². The second kappa shape index (κ2) is 7.18. The molecule has 112 valence electrons. The Kier molecular flexibility index (Phi) is 5.28. The molecule has 2 aromatic rings. The van der Waals surface area contributed by atoms with Crippen molar-refractivity contribution < 1.29 is 4.39 Å². The maximum atomic E-state index is 13.3. The van der Waals surface area contributed by atoms with Crippen LogP contribution in [0.1, 0.15) is 31.9 Å². The molecule has 1 heterocycles. The van der Waals surface area contributed by atoms with Gasteiger partial charge >= 0.3 is 0 Å². The average Bonchev–Trinajstić information content (AvgIpc) is 2.52. The predicted octanol–water partition coefficient (Wildman–Crippen LogP) is 4.05. The van der Waals surface area contributed by atoms with E-state index in [0.717, 1.165) is 24.5 Å². The number of pyridine rings is 1. The van der Waals surface area contributed by atoms with Crippen molar-refractivity contribution in [1.29, 1.82) is 0 Å². The van der Waals surface area contributed by atoms with Crippen molar-refractivity contribution in [1.82, 2.24) is 10.3 Å². The molecule has 1 atom stereocenters. The number of benzene rings is 1. The molecule has 1 N–H and O–H groups in total. The maximum absolute atomic E-state index is 13.3. The van der Waals surface area contributed by atoms with E-state index in [9.17, 15) is 4.39 Å². The van der Waals surface area contributed by atoms with Gasteiger partial charge in [0, 0.05) is 25.0 Å². The molecule has 0 spiro atoms. The highest BCUT2D eigenvalue weighted by Gasteiger charge is 2.10. The summed E-state index contributed by atoms with van der Waals surface area (Å²) < 4.78 is 13.3. The van der Waals surface area contributed by atoms with Gasteiger partial charge < -0.3 is 10.2 Å². The monoisotopic (exact) mass is 287 g/mol. The molecule has 4 heteroatoms. The summed E-state index contributed by atoms with van der Waals surface area (Å²) in [5.41, 5.74) is 1.96. The molecule has 21 heavy (non-hydrogen) atoms. The Bertz CT molecular complexity index is 586. The molecule has 3 nitrogen and oxygen atoms in total. The lowest BCUT2D eigenvalue weighted by atomic mass is 10.1. The van der Waals surface area contributed by atoms with Gasteiger partial charge in [-0.1, -0.05) is 13.0 Å². The normalized spacial score (nSPS) is 12.2. The molecular formula is C17H22FN3. The zero-order valence-electron chi connectivity index (χ0n) is 12.8. The van der Waals surface area contributed by atoms with Crippen LogP contribution in [0.25, 0.3) is 0 Å².